The van der Waals surface area contributed by atoms with Crippen LogP contribution in [0, 0.1) is 0 Å². The van der Waals surface area contributed by atoms with E-state index in [1.807, 2.05) is 0 Å². The molecule has 0 heterocycles. The highest BCUT2D eigenvalue weighted by Crippen LogP contribution is 2.28. The third kappa shape index (κ3) is 3.05. The van der Waals surface area contributed by atoms with Crippen LogP contribution in [0.15, 0.2) is 11.6 Å². The van der Waals surface area contributed by atoms with E-state index < -0.39 is 0 Å². The van der Waals surface area contributed by atoms with Gasteiger partial charge in [-0.3, -0.25) is 0 Å². The van der Waals surface area contributed by atoms with Gasteiger partial charge in [-0.15, -0.1) is 0 Å². The molecule has 0 saturated heterocycles. The van der Waals surface area contributed by atoms with Crippen LogP contribution < -0.4 is 5.73 Å². The van der Waals surface area contributed by atoms with Gasteiger partial charge in [0.25, 0.3) is 0 Å². The summed E-state index contributed by atoms with van der Waals surface area (Å²) < 4.78 is 5.58. The summed E-state index contributed by atoms with van der Waals surface area (Å²) >= 11 is 0. The lowest BCUT2D eigenvalue weighted by molar-refractivity contribution is -0.0105. The van der Waals surface area contributed by atoms with Crippen LogP contribution in [0.4, 0.5) is 0 Å². The summed E-state index contributed by atoms with van der Waals surface area (Å²) in [5.74, 6) is 0. The maximum Gasteiger partial charge on any atom is 0.0836 e. The Hall–Kier alpha value is -0.340. The fourth-order valence-corrected chi connectivity index (χ4v) is 2.21. The molecule has 1 aliphatic rings. The highest BCUT2D eigenvalue weighted by molar-refractivity contribution is 5.16. The summed E-state index contributed by atoms with van der Waals surface area (Å²) in [4.78, 5) is 0. The first-order valence-electron chi connectivity index (χ1n) is 6.13. The Labute approximate surface area is 93.9 Å². The maximum absolute atomic E-state index is 6.32. The monoisotopic (exact) mass is 211 g/mol. The molecule has 0 spiro atoms. The average Bonchev–Trinajstić information content (AvgIpc) is 2.55. The van der Waals surface area contributed by atoms with Crippen molar-refractivity contribution in [3.63, 3.8) is 0 Å². The molecule has 0 aromatic heterocycles. The van der Waals surface area contributed by atoms with Crippen molar-refractivity contribution < 1.29 is 4.74 Å². The number of nitrogens with two attached hydrogens (primary N) is 1. The van der Waals surface area contributed by atoms with Crippen LogP contribution in [0.3, 0.4) is 0 Å². The Morgan fingerprint density at radius 2 is 2.20 bits per heavy atom. The molecule has 88 valence electrons. The molecule has 0 aliphatic heterocycles. The SMILES string of the molecule is CCC(C)(OC)C(N)C1=CCCCCC1. The van der Waals surface area contributed by atoms with Gasteiger partial charge in [-0.25, -0.2) is 0 Å². The van der Waals surface area contributed by atoms with E-state index in [9.17, 15) is 0 Å². The second-order valence-electron chi connectivity index (χ2n) is 4.73. The van der Waals surface area contributed by atoms with Crippen LogP contribution in [-0.2, 0) is 4.74 Å². The molecule has 0 aromatic carbocycles. The van der Waals surface area contributed by atoms with E-state index >= 15 is 0 Å². The lowest BCUT2D eigenvalue weighted by Crippen LogP contribution is -2.47. The molecule has 2 N–H and O–H groups in total. The van der Waals surface area contributed by atoms with Gasteiger partial charge in [0.05, 0.1) is 11.6 Å². The van der Waals surface area contributed by atoms with Gasteiger partial charge in [0, 0.05) is 7.11 Å². The quantitative estimate of drug-likeness (QED) is 0.725. The topological polar surface area (TPSA) is 35.2 Å². The zero-order valence-electron chi connectivity index (χ0n) is 10.4. The third-order valence-electron chi connectivity index (χ3n) is 3.80. The van der Waals surface area contributed by atoms with Crippen molar-refractivity contribution in [3.05, 3.63) is 11.6 Å². The molecule has 0 bridgehead atoms. The van der Waals surface area contributed by atoms with E-state index in [0.717, 1.165) is 12.8 Å². The van der Waals surface area contributed by atoms with E-state index in [0.29, 0.717) is 0 Å². The van der Waals surface area contributed by atoms with Gasteiger partial charge in [-0.2, -0.15) is 0 Å². The molecule has 0 amide bonds. The van der Waals surface area contributed by atoms with Gasteiger partial charge in [0.2, 0.25) is 0 Å². The highest BCUT2D eigenvalue weighted by atomic mass is 16.5. The van der Waals surface area contributed by atoms with Crippen molar-refractivity contribution in [1.29, 1.82) is 0 Å². The fraction of sp³-hybridized carbons (Fsp3) is 0.846. The van der Waals surface area contributed by atoms with Crippen LogP contribution in [0.2, 0.25) is 0 Å². The molecule has 0 fully saturated rings. The van der Waals surface area contributed by atoms with Crippen molar-refractivity contribution in [2.75, 3.05) is 7.11 Å². The normalized spacial score (nSPS) is 23.9. The van der Waals surface area contributed by atoms with Gasteiger partial charge >= 0.3 is 0 Å². The van der Waals surface area contributed by atoms with Crippen molar-refractivity contribution in [2.24, 2.45) is 5.73 Å². The Morgan fingerprint density at radius 3 is 2.80 bits per heavy atom. The maximum atomic E-state index is 6.32. The summed E-state index contributed by atoms with van der Waals surface area (Å²) in [7, 11) is 1.76. The Balaban J connectivity index is 2.72. The second kappa shape index (κ2) is 5.66. The largest absolute Gasteiger partial charge is 0.377 e. The fourth-order valence-electron chi connectivity index (χ4n) is 2.21. The van der Waals surface area contributed by atoms with Crippen molar-refractivity contribution in [2.45, 2.75) is 64.0 Å². The number of rotatable bonds is 4. The Bertz CT molecular complexity index is 219. The first-order valence-corrected chi connectivity index (χ1v) is 6.13. The molecule has 1 aliphatic carbocycles. The number of hydrogen-bond donors (Lipinski definition) is 1. The molecule has 2 atom stereocenters. The molecule has 2 nitrogen and oxygen atoms in total. The standard InChI is InChI=1S/C13H25NO/c1-4-13(2,15-3)12(14)11-9-7-5-6-8-10-11/h9,12H,4-8,10,14H2,1-3H3. The molecule has 0 radical (unpaired) electrons. The van der Waals surface area contributed by atoms with Gasteiger partial charge < -0.3 is 10.5 Å². The van der Waals surface area contributed by atoms with Crippen LogP contribution in [0.5, 0.6) is 0 Å². The predicted molar refractivity (Wildman–Crippen MR) is 64.8 cm³/mol. The van der Waals surface area contributed by atoms with Crippen LogP contribution in [0.25, 0.3) is 0 Å². The van der Waals surface area contributed by atoms with E-state index in [1.54, 1.807) is 7.11 Å². The summed E-state index contributed by atoms with van der Waals surface area (Å²) in [6.45, 7) is 4.25. The molecule has 0 saturated carbocycles. The molecule has 2 unspecified atom stereocenters. The minimum atomic E-state index is -0.198. The zero-order valence-corrected chi connectivity index (χ0v) is 10.4. The Morgan fingerprint density at radius 1 is 1.47 bits per heavy atom. The zero-order chi connectivity index (χ0) is 11.3. The first kappa shape index (κ1) is 12.7. The van der Waals surface area contributed by atoms with Crippen molar-refractivity contribution in [3.8, 4) is 0 Å². The van der Waals surface area contributed by atoms with Gasteiger partial charge in [-0.1, -0.05) is 25.0 Å². The van der Waals surface area contributed by atoms with E-state index in [-0.39, 0.29) is 11.6 Å². The molecular formula is C13H25NO. The highest BCUT2D eigenvalue weighted by Gasteiger charge is 2.32. The Kier molecular flexibility index (Phi) is 4.81. The first-order chi connectivity index (χ1) is 7.14. The van der Waals surface area contributed by atoms with Crippen LogP contribution in [-0.4, -0.2) is 18.8 Å². The number of ether oxygens (including phenoxy) is 1. The van der Waals surface area contributed by atoms with Gasteiger partial charge in [-0.05, 0) is 39.0 Å². The average molecular weight is 211 g/mol. The van der Waals surface area contributed by atoms with E-state index in [2.05, 4.69) is 19.9 Å². The van der Waals surface area contributed by atoms with Crippen molar-refractivity contribution >= 4 is 0 Å². The summed E-state index contributed by atoms with van der Waals surface area (Å²) in [6, 6.07) is 0.0607. The summed E-state index contributed by atoms with van der Waals surface area (Å²) in [6.07, 6.45) is 9.57. The minimum absolute atomic E-state index is 0.0607. The summed E-state index contributed by atoms with van der Waals surface area (Å²) in [5.41, 5.74) is 7.53. The minimum Gasteiger partial charge on any atom is -0.377 e. The van der Waals surface area contributed by atoms with Gasteiger partial charge in [0.1, 0.15) is 0 Å². The smallest absolute Gasteiger partial charge is 0.0836 e. The lowest BCUT2D eigenvalue weighted by atomic mass is 9.86. The number of methoxy groups -OCH3 is 1. The lowest BCUT2D eigenvalue weighted by Gasteiger charge is -2.34. The van der Waals surface area contributed by atoms with E-state index in [1.165, 1.54) is 31.3 Å². The summed E-state index contributed by atoms with van der Waals surface area (Å²) in [5, 5.41) is 0. The molecule has 0 aromatic rings. The van der Waals surface area contributed by atoms with E-state index in [4.69, 9.17) is 10.5 Å². The molecule has 15 heavy (non-hydrogen) atoms. The molecular weight excluding hydrogens is 186 g/mol. The number of allylic oxidation sites excluding steroid dienone is 1. The predicted octanol–water partition coefficient (Wildman–Crippen LogP) is 3.02. The van der Waals surface area contributed by atoms with Crippen LogP contribution in [0.1, 0.15) is 52.4 Å². The molecule has 2 heteroatoms. The molecule has 1 rings (SSSR count). The van der Waals surface area contributed by atoms with Crippen LogP contribution >= 0.6 is 0 Å². The van der Waals surface area contributed by atoms with Gasteiger partial charge in [0.15, 0.2) is 0 Å². The number of hydrogen-bond acceptors (Lipinski definition) is 2. The van der Waals surface area contributed by atoms with Crippen molar-refractivity contribution in [1.82, 2.24) is 0 Å². The third-order valence-corrected chi connectivity index (χ3v) is 3.80. The second-order valence-corrected chi connectivity index (χ2v) is 4.73.